The summed E-state index contributed by atoms with van der Waals surface area (Å²) in [5.74, 6) is -2.41. The van der Waals surface area contributed by atoms with Crippen LogP contribution in [0.15, 0.2) is 24.3 Å². The lowest BCUT2D eigenvalue weighted by atomic mass is 9.95. The molecule has 1 amide bonds. The first kappa shape index (κ1) is 17.1. The lowest BCUT2D eigenvalue weighted by Crippen LogP contribution is -2.35. The average molecular weight is 295 g/mol. The summed E-state index contributed by atoms with van der Waals surface area (Å²) in [6.45, 7) is 3.90. The van der Waals surface area contributed by atoms with Crippen LogP contribution in [-0.4, -0.2) is 23.5 Å². The third-order valence-electron chi connectivity index (χ3n) is 3.51. The molecule has 116 valence electrons. The van der Waals surface area contributed by atoms with Crippen molar-refractivity contribution < 1.29 is 19.1 Å². The van der Waals surface area contributed by atoms with E-state index in [1.165, 1.54) is 12.1 Å². The first-order chi connectivity index (χ1) is 9.99. The van der Waals surface area contributed by atoms with Crippen LogP contribution in [0.25, 0.3) is 0 Å². The van der Waals surface area contributed by atoms with Gasteiger partial charge in [-0.2, -0.15) is 0 Å². The summed E-state index contributed by atoms with van der Waals surface area (Å²) in [5, 5.41) is 11.8. The molecule has 2 N–H and O–H groups in total. The molecule has 0 spiro atoms. The maximum Gasteiger partial charge on any atom is 0.308 e. The Labute approximate surface area is 124 Å². The number of halogens is 1. The molecule has 1 aromatic carbocycles. The molecule has 1 aromatic rings. The molecule has 0 aliphatic heterocycles. The van der Waals surface area contributed by atoms with Crippen molar-refractivity contribution in [2.75, 3.05) is 6.54 Å². The fourth-order valence-electron chi connectivity index (χ4n) is 2.28. The minimum atomic E-state index is -0.896. The predicted molar refractivity (Wildman–Crippen MR) is 78.5 cm³/mol. The molecule has 21 heavy (non-hydrogen) atoms. The molecule has 0 aromatic heterocycles. The Morgan fingerprint density at radius 1 is 1.24 bits per heavy atom. The molecular weight excluding hydrogens is 273 g/mol. The van der Waals surface area contributed by atoms with Gasteiger partial charge in [-0.3, -0.25) is 9.59 Å². The predicted octanol–water partition coefficient (Wildman–Crippen LogP) is 2.94. The Morgan fingerprint density at radius 3 is 2.33 bits per heavy atom. The number of carbonyl (C=O) groups excluding carboxylic acids is 1. The molecule has 0 bridgehead atoms. The van der Waals surface area contributed by atoms with Gasteiger partial charge in [0.2, 0.25) is 5.91 Å². The number of carboxylic acids is 1. The average Bonchev–Trinajstić information content (AvgIpc) is 2.46. The van der Waals surface area contributed by atoms with Gasteiger partial charge in [0.1, 0.15) is 5.82 Å². The van der Waals surface area contributed by atoms with E-state index in [0.29, 0.717) is 12.8 Å². The molecule has 0 saturated heterocycles. The minimum Gasteiger partial charge on any atom is -0.481 e. The highest BCUT2D eigenvalue weighted by atomic mass is 19.1. The van der Waals surface area contributed by atoms with E-state index in [2.05, 4.69) is 5.32 Å². The van der Waals surface area contributed by atoms with Crippen LogP contribution in [0.4, 0.5) is 4.39 Å². The highest BCUT2D eigenvalue weighted by Crippen LogP contribution is 2.20. The first-order valence-corrected chi connectivity index (χ1v) is 7.25. The van der Waals surface area contributed by atoms with Gasteiger partial charge in [0.05, 0.1) is 11.8 Å². The van der Waals surface area contributed by atoms with Crippen molar-refractivity contribution in [1.29, 1.82) is 0 Å². The molecular formula is C16H22FNO3. The number of carboxylic acid groups (broad SMARTS) is 1. The van der Waals surface area contributed by atoms with Crippen molar-refractivity contribution in [3.63, 3.8) is 0 Å². The smallest absolute Gasteiger partial charge is 0.308 e. The van der Waals surface area contributed by atoms with Crippen LogP contribution in [0.3, 0.4) is 0 Å². The van der Waals surface area contributed by atoms with Crippen LogP contribution < -0.4 is 5.32 Å². The molecule has 4 nitrogen and oxygen atoms in total. The Kier molecular flexibility index (Phi) is 6.85. The standard InChI is InChI=1S/C16H22FNO3/c1-3-5-12(16(20)21)10-18-15(19)14(4-2)11-6-8-13(17)9-7-11/h6-9,12,14H,3-5,10H2,1-2H3,(H,18,19)(H,20,21). The van der Waals surface area contributed by atoms with Crippen LogP contribution in [0, 0.1) is 11.7 Å². The number of hydrogen-bond acceptors (Lipinski definition) is 2. The monoisotopic (exact) mass is 295 g/mol. The van der Waals surface area contributed by atoms with E-state index in [1.54, 1.807) is 12.1 Å². The largest absolute Gasteiger partial charge is 0.481 e. The molecule has 5 heteroatoms. The number of carbonyl (C=O) groups is 2. The number of amides is 1. The molecule has 0 aliphatic carbocycles. The zero-order valence-electron chi connectivity index (χ0n) is 12.4. The molecule has 0 radical (unpaired) electrons. The van der Waals surface area contributed by atoms with Crippen LogP contribution in [-0.2, 0) is 9.59 Å². The van der Waals surface area contributed by atoms with E-state index >= 15 is 0 Å². The van der Waals surface area contributed by atoms with Gasteiger partial charge >= 0.3 is 5.97 Å². The van der Waals surface area contributed by atoms with Gasteiger partial charge in [-0.1, -0.05) is 32.4 Å². The summed E-state index contributed by atoms with van der Waals surface area (Å²) in [6.07, 6.45) is 1.86. The van der Waals surface area contributed by atoms with E-state index in [1.807, 2.05) is 13.8 Å². The highest BCUT2D eigenvalue weighted by Gasteiger charge is 2.22. The third-order valence-corrected chi connectivity index (χ3v) is 3.51. The van der Waals surface area contributed by atoms with Gasteiger partial charge in [0.25, 0.3) is 0 Å². The Bertz CT molecular complexity index is 473. The lowest BCUT2D eigenvalue weighted by molar-refractivity contribution is -0.142. The molecule has 0 heterocycles. The van der Waals surface area contributed by atoms with E-state index in [-0.39, 0.29) is 24.2 Å². The molecule has 1 rings (SSSR count). The summed E-state index contributed by atoms with van der Waals surface area (Å²) in [5.41, 5.74) is 0.735. The lowest BCUT2D eigenvalue weighted by Gasteiger charge is -2.18. The van der Waals surface area contributed by atoms with E-state index in [9.17, 15) is 14.0 Å². The number of aliphatic carboxylic acids is 1. The van der Waals surface area contributed by atoms with Crippen LogP contribution in [0.1, 0.15) is 44.6 Å². The summed E-state index contributed by atoms with van der Waals surface area (Å²) in [7, 11) is 0. The maximum atomic E-state index is 12.9. The van der Waals surface area contributed by atoms with E-state index in [0.717, 1.165) is 12.0 Å². The molecule has 0 fully saturated rings. The molecule has 0 aliphatic rings. The van der Waals surface area contributed by atoms with Crippen molar-refractivity contribution in [3.8, 4) is 0 Å². The van der Waals surface area contributed by atoms with Gasteiger partial charge in [-0.25, -0.2) is 4.39 Å². The normalized spacial score (nSPS) is 13.5. The van der Waals surface area contributed by atoms with Crippen LogP contribution >= 0.6 is 0 Å². The Hall–Kier alpha value is -1.91. The van der Waals surface area contributed by atoms with Gasteiger partial charge < -0.3 is 10.4 Å². The zero-order chi connectivity index (χ0) is 15.8. The highest BCUT2D eigenvalue weighted by molar-refractivity contribution is 5.84. The number of benzene rings is 1. The molecule has 0 saturated carbocycles. The van der Waals surface area contributed by atoms with Crippen molar-refractivity contribution in [2.24, 2.45) is 5.92 Å². The zero-order valence-corrected chi connectivity index (χ0v) is 12.4. The fraction of sp³-hybridized carbons (Fsp3) is 0.500. The topological polar surface area (TPSA) is 66.4 Å². The minimum absolute atomic E-state index is 0.125. The summed E-state index contributed by atoms with van der Waals surface area (Å²) >= 11 is 0. The summed E-state index contributed by atoms with van der Waals surface area (Å²) in [6, 6.07) is 5.82. The summed E-state index contributed by atoms with van der Waals surface area (Å²) < 4.78 is 12.9. The number of hydrogen-bond donors (Lipinski definition) is 2. The maximum absolute atomic E-state index is 12.9. The SMILES string of the molecule is CCCC(CNC(=O)C(CC)c1ccc(F)cc1)C(=O)O. The van der Waals surface area contributed by atoms with Crippen molar-refractivity contribution in [1.82, 2.24) is 5.32 Å². The fourth-order valence-corrected chi connectivity index (χ4v) is 2.28. The van der Waals surface area contributed by atoms with Crippen LogP contribution in [0.5, 0.6) is 0 Å². The van der Waals surface area contributed by atoms with Crippen molar-refractivity contribution in [2.45, 2.75) is 39.0 Å². The van der Waals surface area contributed by atoms with Gasteiger partial charge in [-0.15, -0.1) is 0 Å². The second-order valence-electron chi connectivity index (χ2n) is 5.08. The van der Waals surface area contributed by atoms with Crippen molar-refractivity contribution >= 4 is 11.9 Å². The van der Waals surface area contributed by atoms with Gasteiger partial charge in [0.15, 0.2) is 0 Å². The molecule has 2 unspecified atom stereocenters. The third kappa shape index (κ3) is 5.17. The number of nitrogens with one attached hydrogen (secondary N) is 1. The second-order valence-corrected chi connectivity index (χ2v) is 5.08. The van der Waals surface area contributed by atoms with Gasteiger partial charge in [0, 0.05) is 6.54 Å². The summed E-state index contributed by atoms with van der Waals surface area (Å²) in [4.78, 5) is 23.2. The Morgan fingerprint density at radius 2 is 1.86 bits per heavy atom. The van der Waals surface area contributed by atoms with Gasteiger partial charge in [-0.05, 0) is 30.5 Å². The van der Waals surface area contributed by atoms with E-state index in [4.69, 9.17) is 5.11 Å². The van der Waals surface area contributed by atoms with E-state index < -0.39 is 11.9 Å². The van der Waals surface area contributed by atoms with Crippen LogP contribution in [0.2, 0.25) is 0 Å². The van der Waals surface area contributed by atoms with Crippen molar-refractivity contribution in [3.05, 3.63) is 35.6 Å². The molecule has 2 atom stereocenters. The Balaban J connectivity index is 2.67. The number of rotatable bonds is 8. The second kappa shape index (κ2) is 8.39. The quantitative estimate of drug-likeness (QED) is 0.775. The first-order valence-electron chi connectivity index (χ1n) is 7.25.